The highest BCUT2D eigenvalue weighted by atomic mass is 35.5. The molecule has 2 atom stereocenters. The second-order valence-electron chi connectivity index (χ2n) is 5.72. The minimum atomic E-state index is -0.415. The summed E-state index contributed by atoms with van der Waals surface area (Å²) in [5, 5.41) is 4.59. The first-order valence-corrected chi connectivity index (χ1v) is 8.14. The van der Waals surface area contributed by atoms with E-state index in [0.29, 0.717) is 10.0 Å². The third kappa shape index (κ3) is 3.20. The molecule has 0 aromatic heterocycles. The van der Waals surface area contributed by atoms with Crippen LogP contribution in [0.2, 0.25) is 10.0 Å². The molecule has 1 aromatic carbocycles. The SMILES string of the molecule is CCC1(C(=O)N(C)C(C)c2ccc(Cl)cc2Cl)CCCN1. The highest BCUT2D eigenvalue weighted by Gasteiger charge is 2.42. The van der Waals surface area contributed by atoms with Crippen molar-refractivity contribution in [3.05, 3.63) is 33.8 Å². The number of amides is 1. The summed E-state index contributed by atoms with van der Waals surface area (Å²) >= 11 is 12.2. The van der Waals surface area contributed by atoms with E-state index < -0.39 is 5.54 Å². The highest BCUT2D eigenvalue weighted by Crippen LogP contribution is 2.32. The maximum Gasteiger partial charge on any atom is 0.243 e. The van der Waals surface area contributed by atoms with Crippen LogP contribution in [0.3, 0.4) is 0 Å². The molecule has 1 aliphatic heterocycles. The van der Waals surface area contributed by atoms with Crippen LogP contribution in [0, 0.1) is 0 Å². The molecule has 3 nitrogen and oxygen atoms in total. The number of nitrogens with zero attached hydrogens (tertiary/aromatic N) is 1. The van der Waals surface area contributed by atoms with Crippen molar-refractivity contribution in [3.8, 4) is 0 Å². The van der Waals surface area contributed by atoms with E-state index in [0.717, 1.165) is 31.4 Å². The molecule has 21 heavy (non-hydrogen) atoms. The molecule has 1 saturated heterocycles. The number of rotatable bonds is 4. The fourth-order valence-electron chi connectivity index (χ4n) is 3.00. The smallest absolute Gasteiger partial charge is 0.243 e. The molecule has 1 fully saturated rings. The molecule has 1 aromatic rings. The van der Waals surface area contributed by atoms with Crippen molar-refractivity contribution >= 4 is 29.1 Å². The number of carbonyl (C=O) groups is 1. The first-order chi connectivity index (χ1) is 9.91. The Kier molecular flexibility index (Phi) is 5.18. The van der Waals surface area contributed by atoms with E-state index in [-0.39, 0.29) is 11.9 Å². The Bertz CT molecular complexity index is 527. The van der Waals surface area contributed by atoms with Gasteiger partial charge in [0.2, 0.25) is 5.91 Å². The molecule has 0 bridgehead atoms. The molecule has 0 spiro atoms. The van der Waals surface area contributed by atoms with Gasteiger partial charge < -0.3 is 10.2 Å². The van der Waals surface area contributed by atoms with Crippen molar-refractivity contribution in [2.75, 3.05) is 13.6 Å². The molecule has 0 aliphatic carbocycles. The summed E-state index contributed by atoms with van der Waals surface area (Å²) in [6.45, 7) is 4.96. The Morgan fingerprint density at radius 1 is 1.48 bits per heavy atom. The lowest BCUT2D eigenvalue weighted by molar-refractivity contribution is -0.138. The van der Waals surface area contributed by atoms with Crippen LogP contribution in [0.25, 0.3) is 0 Å². The van der Waals surface area contributed by atoms with Gasteiger partial charge in [-0.3, -0.25) is 4.79 Å². The molecule has 1 N–H and O–H groups in total. The maximum atomic E-state index is 12.9. The van der Waals surface area contributed by atoms with Crippen LogP contribution >= 0.6 is 23.2 Å². The van der Waals surface area contributed by atoms with Gasteiger partial charge in [-0.1, -0.05) is 36.2 Å². The van der Waals surface area contributed by atoms with Gasteiger partial charge in [0, 0.05) is 17.1 Å². The zero-order valence-electron chi connectivity index (χ0n) is 12.7. The third-order valence-corrected chi connectivity index (χ3v) is 5.13. The normalized spacial score (nSPS) is 23.1. The van der Waals surface area contributed by atoms with Crippen LogP contribution in [0.5, 0.6) is 0 Å². The molecule has 1 amide bonds. The van der Waals surface area contributed by atoms with Crippen molar-refractivity contribution in [1.29, 1.82) is 0 Å². The zero-order valence-corrected chi connectivity index (χ0v) is 14.3. The Hall–Kier alpha value is -0.770. The Morgan fingerprint density at radius 3 is 2.71 bits per heavy atom. The number of halogens is 2. The predicted octanol–water partition coefficient (Wildman–Crippen LogP) is 4.05. The number of hydrogen-bond donors (Lipinski definition) is 1. The van der Waals surface area contributed by atoms with Gasteiger partial charge in [-0.15, -0.1) is 0 Å². The molecular weight excluding hydrogens is 307 g/mol. The zero-order chi connectivity index (χ0) is 15.6. The van der Waals surface area contributed by atoms with Gasteiger partial charge in [0.15, 0.2) is 0 Å². The maximum absolute atomic E-state index is 12.9. The average Bonchev–Trinajstić information content (AvgIpc) is 2.95. The van der Waals surface area contributed by atoms with Crippen LogP contribution in [-0.4, -0.2) is 29.9 Å². The Labute approximate surface area is 136 Å². The van der Waals surface area contributed by atoms with E-state index in [9.17, 15) is 4.79 Å². The summed E-state index contributed by atoms with van der Waals surface area (Å²) in [6, 6.07) is 5.32. The van der Waals surface area contributed by atoms with Gasteiger partial charge in [-0.2, -0.15) is 0 Å². The summed E-state index contributed by atoms with van der Waals surface area (Å²) in [5.74, 6) is 0.140. The lowest BCUT2D eigenvalue weighted by Crippen LogP contribution is -2.54. The first-order valence-electron chi connectivity index (χ1n) is 7.38. The van der Waals surface area contributed by atoms with Crippen LogP contribution < -0.4 is 5.32 Å². The second-order valence-corrected chi connectivity index (χ2v) is 6.57. The van der Waals surface area contributed by atoms with Gasteiger partial charge in [-0.05, 0) is 50.4 Å². The number of hydrogen-bond acceptors (Lipinski definition) is 2. The average molecular weight is 329 g/mol. The van der Waals surface area contributed by atoms with E-state index in [1.165, 1.54) is 0 Å². The van der Waals surface area contributed by atoms with Crippen LogP contribution in [-0.2, 0) is 4.79 Å². The minimum absolute atomic E-state index is 0.0897. The summed E-state index contributed by atoms with van der Waals surface area (Å²) in [4.78, 5) is 14.7. The van der Waals surface area contributed by atoms with E-state index >= 15 is 0 Å². The van der Waals surface area contributed by atoms with E-state index in [1.807, 2.05) is 20.0 Å². The fourth-order valence-corrected chi connectivity index (χ4v) is 3.57. The van der Waals surface area contributed by atoms with Crippen molar-refractivity contribution in [1.82, 2.24) is 10.2 Å². The van der Waals surface area contributed by atoms with Gasteiger partial charge in [0.25, 0.3) is 0 Å². The number of carbonyl (C=O) groups excluding carboxylic acids is 1. The van der Waals surface area contributed by atoms with Gasteiger partial charge in [-0.25, -0.2) is 0 Å². The lowest BCUT2D eigenvalue weighted by atomic mass is 9.91. The quantitative estimate of drug-likeness (QED) is 0.904. The van der Waals surface area contributed by atoms with Crippen molar-refractivity contribution in [2.24, 2.45) is 0 Å². The van der Waals surface area contributed by atoms with Crippen LogP contribution in [0.1, 0.15) is 44.7 Å². The van der Waals surface area contributed by atoms with Crippen LogP contribution in [0.15, 0.2) is 18.2 Å². The van der Waals surface area contributed by atoms with Crippen LogP contribution in [0.4, 0.5) is 0 Å². The Balaban J connectivity index is 2.22. The van der Waals surface area contributed by atoms with Gasteiger partial charge in [0.05, 0.1) is 11.6 Å². The first kappa shape index (κ1) is 16.6. The molecular formula is C16H22Cl2N2O. The summed E-state index contributed by atoms with van der Waals surface area (Å²) < 4.78 is 0. The molecule has 2 rings (SSSR count). The van der Waals surface area contributed by atoms with Crippen molar-refractivity contribution in [3.63, 3.8) is 0 Å². The summed E-state index contributed by atoms with van der Waals surface area (Å²) in [7, 11) is 1.84. The largest absolute Gasteiger partial charge is 0.337 e. The standard InChI is InChI=1S/C16H22Cl2N2O/c1-4-16(8-5-9-19-16)15(21)20(3)11(2)13-7-6-12(17)10-14(13)18/h6-7,10-11,19H,4-5,8-9H2,1-3H3. The van der Waals surface area contributed by atoms with E-state index in [4.69, 9.17) is 23.2 Å². The van der Waals surface area contributed by atoms with E-state index in [2.05, 4.69) is 12.2 Å². The molecule has 0 saturated carbocycles. The number of benzene rings is 1. The second kappa shape index (κ2) is 6.55. The van der Waals surface area contributed by atoms with Gasteiger partial charge in [0.1, 0.15) is 0 Å². The van der Waals surface area contributed by atoms with Crippen molar-refractivity contribution < 1.29 is 4.79 Å². The molecule has 116 valence electrons. The lowest BCUT2D eigenvalue weighted by Gasteiger charge is -2.35. The number of nitrogens with one attached hydrogen (secondary N) is 1. The fraction of sp³-hybridized carbons (Fsp3) is 0.562. The van der Waals surface area contributed by atoms with E-state index in [1.54, 1.807) is 17.0 Å². The molecule has 2 unspecified atom stereocenters. The topological polar surface area (TPSA) is 32.3 Å². The molecule has 0 radical (unpaired) electrons. The minimum Gasteiger partial charge on any atom is -0.337 e. The molecule has 1 aliphatic rings. The number of likely N-dealkylation sites (N-methyl/N-ethyl adjacent to an activating group) is 1. The van der Waals surface area contributed by atoms with Crippen molar-refractivity contribution in [2.45, 2.75) is 44.7 Å². The summed E-state index contributed by atoms with van der Waals surface area (Å²) in [5.41, 5.74) is 0.503. The predicted molar refractivity (Wildman–Crippen MR) is 87.9 cm³/mol. The summed E-state index contributed by atoms with van der Waals surface area (Å²) in [6.07, 6.45) is 2.74. The Morgan fingerprint density at radius 2 is 2.19 bits per heavy atom. The molecule has 1 heterocycles. The molecule has 5 heteroatoms. The monoisotopic (exact) mass is 328 g/mol. The highest BCUT2D eigenvalue weighted by molar-refractivity contribution is 6.35. The third-order valence-electron chi connectivity index (χ3n) is 4.57. The van der Waals surface area contributed by atoms with Gasteiger partial charge >= 0.3 is 0 Å².